The Morgan fingerprint density at radius 2 is 1.95 bits per heavy atom. The number of nitrogen functional groups attached to an aromatic ring is 1. The van der Waals surface area contributed by atoms with Crippen LogP contribution in [0.3, 0.4) is 0 Å². The average molecular weight is 269 g/mol. The Morgan fingerprint density at radius 3 is 2.70 bits per heavy atom. The second-order valence-electron chi connectivity index (χ2n) is 4.97. The highest BCUT2D eigenvalue weighted by Crippen LogP contribution is 2.28. The molecule has 1 heterocycles. The van der Waals surface area contributed by atoms with Gasteiger partial charge in [-0.15, -0.1) is 0 Å². The number of aryl methyl sites for hydroxylation is 1. The Morgan fingerprint density at radius 1 is 1.20 bits per heavy atom. The molecule has 3 rings (SSSR count). The molecule has 102 valence electrons. The lowest BCUT2D eigenvalue weighted by Crippen LogP contribution is -2.10. The number of hydrogen-bond donors (Lipinski definition) is 1. The van der Waals surface area contributed by atoms with Crippen molar-refractivity contribution in [3.63, 3.8) is 0 Å². The zero-order valence-corrected chi connectivity index (χ0v) is 11.5. The number of imidazole rings is 1. The third-order valence-electron chi connectivity index (χ3n) is 3.63. The van der Waals surface area contributed by atoms with Gasteiger partial charge in [-0.3, -0.25) is 0 Å². The van der Waals surface area contributed by atoms with Crippen LogP contribution in [-0.4, -0.2) is 9.55 Å². The van der Waals surface area contributed by atoms with Crippen molar-refractivity contribution < 1.29 is 4.39 Å². The first-order valence-electron chi connectivity index (χ1n) is 6.56. The second kappa shape index (κ2) is 4.63. The number of benzene rings is 2. The fourth-order valence-electron chi connectivity index (χ4n) is 2.68. The summed E-state index contributed by atoms with van der Waals surface area (Å²) in [7, 11) is 0. The van der Waals surface area contributed by atoms with Gasteiger partial charge < -0.3 is 10.3 Å². The fraction of sp³-hybridized carbons (Fsp3) is 0.188. The molecule has 0 aliphatic heterocycles. The van der Waals surface area contributed by atoms with Gasteiger partial charge in [0.1, 0.15) is 11.6 Å². The smallest absolute Gasteiger partial charge is 0.128 e. The molecule has 0 aliphatic carbocycles. The van der Waals surface area contributed by atoms with E-state index in [1.54, 1.807) is 6.07 Å². The summed E-state index contributed by atoms with van der Waals surface area (Å²) in [6.45, 7) is 3.90. The summed E-state index contributed by atoms with van der Waals surface area (Å²) in [5, 5.41) is 0. The molecule has 0 saturated carbocycles. The maximum Gasteiger partial charge on any atom is 0.128 e. The Hall–Kier alpha value is -2.36. The van der Waals surface area contributed by atoms with E-state index in [9.17, 15) is 4.39 Å². The summed E-state index contributed by atoms with van der Waals surface area (Å²) in [5.41, 5.74) is 8.93. The van der Waals surface area contributed by atoms with Crippen molar-refractivity contribution in [1.29, 1.82) is 0 Å². The molecule has 0 saturated heterocycles. The van der Waals surface area contributed by atoms with Gasteiger partial charge in [0.25, 0.3) is 0 Å². The van der Waals surface area contributed by atoms with Gasteiger partial charge in [0.05, 0.1) is 17.1 Å². The standard InChI is InChI=1S/C16H16FN3/c1-10(13-5-3-4-6-14(13)17)20-11(2)19-15-9-12(18)7-8-16(15)20/h3-10H,18H2,1-2H3. The lowest BCUT2D eigenvalue weighted by atomic mass is 10.1. The lowest BCUT2D eigenvalue weighted by molar-refractivity contribution is 0.557. The molecule has 1 unspecified atom stereocenters. The summed E-state index contributed by atoms with van der Waals surface area (Å²) < 4.78 is 16.0. The number of nitrogens with zero attached hydrogens (tertiary/aromatic N) is 2. The van der Waals surface area contributed by atoms with Crippen LogP contribution >= 0.6 is 0 Å². The molecular weight excluding hydrogens is 253 g/mol. The summed E-state index contributed by atoms with van der Waals surface area (Å²) in [6.07, 6.45) is 0. The number of anilines is 1. The van der Waals surface area contributed by atoms with Crippen LogP contribution in [0.1, 0.15) is 24.4 Å². The SMILES string of the molecule is Cc1nc2cc(N)ccc2n1C(C)c1ccccc1F. The molecule has 1 aromatic heterocycles. The van der Waals surface area contributed by atoms with Crippen molar-refractivity contribution in [1.82, 2.24) is 9.55 Å². The molecule has 2 N–H and O–H groups in total. The molecule has 0 spiro atoms. The first kappa shape index (κ1) is 12.7. The monoisotopic (exact) mass is 269 g/mol. The molecule has 0 amide bonds. The van der Waals surface area contributed by atoms with Crippen LogP contribution in [0.25, 0.3) is 11.0 Å². The van der Waals surface area contributed by atoms with Gasteiger partial charge in [-0.25, -0.2) is 9.37 Å². The number of hydrogen-bond acceptors (Lipinski definition) is 2. The van der Waals surface area contributed by atoms with Crippen molar-refractivity contribution in [2.75, 3.05) is 5.73 Å². The fourth-order valence-corrected chi connectivity index (χ4v) is 2.68. The molecule has 3 aromatic rings. The number of halogens is 1. The minimum Gasteiger partial charge on any atom is -0.399 e. The van der Waals surface area contributed by atoms with Crippen molar-refractivity contribution in [3.8, 4) is 0 Å². The van der Waals surface area contributed by atoms with Gasteiger partial charge in [-0.2, -0.15) is 0 Å². The Balaban J connectivity index is 2.19. The average Bonchev–Trinajstić information content (AvgIpc) is 2.73. The maximum atomic E-state index is 14.0. The van der Waals surface area contributed by atoms with Gasteiger partial charge in [-0.05, 0) is 38.1 Å². The normalized spacial score (nSPS) is 12.8. The minimum atomic E-state index is -0.198. The molecule has 1 atom stereocenters. The quantitative estimate of drug-likeness (QED) is 0.721. The highest BCUT2D eigenvalue weighted by Gasteiger charge is 2.17. The van der Waals surface area contributed by atoms with Crippen LogP contribution in [0.5, 0.6) is 0 Å². The maximum absolute atomic E-state index is 14.0. The molecule has 0 fully saturated rings. The van der Waals surface area contributed by atoms with Gasteiger partial charge in [0, 0.05) is 11.3 Å². The van der Waals surface area contributed by atoms with Crippen molar-refractivity contribution in [2.45, 2.75) is 19.9 Å². The summed E-state index contributed by atoms with van der Waals surface area (Å²) in [6, 6.07) is 12.3. The van der Waals surface area contributed by atoms with Gasteiger partial charge in [0.15, 0.2) is 0 Å². The predicted molar refractivity (Wildman–Crippen MR) is 79.1 cm³/mol. The van der Waals surface area contributed by atoms with E-state index in [1.807, 2.05) is 48.7 Å². The molecule has 3 nitrogen and oxygen atoms in total. The van der Waals surface area contributed by atoms with E-state index in [4.69, 9.17) is 5.73 Å². The first-order chi connectivity index (χ1) is 9.58. The van der Waals surface area contributed by atoms with Gasteiger partial charge in [-0.1, -0.05) is 18.2 Å². The van der Waals surface area contributed by atoms with Crippen molar-refractivity contribution in [3.05, 3.63) is 59.7 Å². The van der Waals surface area contributed by atoms with Crippen molar-refractivity contribution >= 4 is 16.7 Å². The molecule has 0 radical (unpaired) electrons. The zero-order chi connectivity index (χ0) is 14.3. The number of nitrogens with two attached hydrogens (primary N) is 1. The number of rotatable bonds is 2. The molecule has 20 heavy (non-hydrogen) atoms. The highest BCUT2D eigenvalue weighted by molar-refractivity contribution is 5.80. The minimum absolute atomic E-state index is 0.121. The zero-order valence-electron chi connectivity index (χ0n) is 11.5. The van der Waals surface area contributed by atoms with Crippen LogP contribution < -0.4 is 5.73 Å². The predicted octanol–water partition coefficient (Wildman–Crippen LogP) is 3.68. The molecule has 4 heteroatoms. The molecular formula is C16H16FN3. The molecule has 0 aliphatic rings. The van der Waals surface area contributed by atoms with Gasteiger partial charge >= 0.3 is 0 Å². The van der Waals surface area contributed by atoms with Crippen molar-refractivity contribution in [2.24, 2.45) is 0 Å². The second-order valence-corrected chi connectivity index (χ2v) is 4.97. The Kier molecular flexibility index (Phi) is 2.93. The summed E-state index contributed by atoms with van der Waals surface area (Å²) in [5.74, 6) is 0.651. The Bertz CT molecular complexity index is 776. The van der Waals surface area contributed by atoms with Gasteiger partial charge in [0.2, 0.25) is 0 Å². The van der Waals surface area contributed by atoms with E-state index >= 15 is 0 Å². The number of fused-ring (bicyclic) bond motifs is 1. The van der Waals surface area contributed by atoms with Crippen LogP contribution in [0, 0.1) is 12.7 Å². The van der Waals surface area contributed by atoms with Crippen LogP contribution in [-0.2, 0) is 0 Å². The van der Waals surface area contributed by atoms with E-state index in [0.29, 0.717) is 11.3 Å². The summed E-state index contributed by atoms with van der Waals surface area (Å²) >= 11 is 0. The van der Waals surface area contributed by atoms with E-state index < -0.39 is 0 Å². The van der Waals surface area contributed by atoms with E-state index in [0.717, 1.165) is 16.9 Å². The number of aromatic nitrogens is 2. The van der Waals surface area contributed by atoms with E-state index in [1.165, 1.54) is 6.07 Å². The Labute approximate surface area is 116 Å². The van der Waals surface area contributed by atoms with Crippen LogP contribution in [0.15, 0.2) is 42.5 Å². The van der Waals surface area contributed by atoms with Crippen LogP contribution in [0.4, 0.5) is 10.1 Å². The summed E-state index contributed by atoms with van der Waals surface area (Å²) in [4.78, 5) is 4.51. The van der Waals surface area contributed by atoms with Crippen LogP contribution in [0.2, 0.25) is 0 Å². The topological polar surface area (TPSA) is 43.8 Å². The first-order valence-corrected chi connectivity index (χ1v) is 6.56. The molecule has 0 bridgehead atoms. The molecule has 2 aromatic carbocycles. The largest absolute Gasteiger partial charge is 0.399 e. The van der Waals surface area contributed by atoms with E-state index in [-0.39, 0.29) is 11.9 Å². The third kappa shape index (κ3) is 1.93. The lowest BCUT2D eigenvalue weighted by Gasteiger charge is -2.17. The highest BCUT2D eigenvalue weighted by atomic mass is 19.1. The third-order valence-corrected chi connectivity index (χ3v) is 3.63. The van der Waals surface area contributed by atoms with E-state index in [2.05, 4.69) is 4.98 Å².